The number of ether oxygens (including phenoxy) is 1. The number of nitrogens with zero attached hydrogens (tertiary/aromatic N) is 5. The molecule has 0 bridgehead atoms. The first-order chi connectivity index (χ1) is 14.0. The van der Waals surface area contributed by atoms with E-state index in [1.807, 2.05) is 0 Å². The number of carbonyl (C=O) groups is 2. The van der Waals surface area contributed by atoms with Crippen LogP contribution in [0.5, 0.6) is 0 Å². The molecule has 0 saturated heterocycles. The van der Waals surface area contributed by atoms with Crippen LogP contribution < -0.4 is 0 Å². The molecule has 0 atom stereocenters. The standard InChI is InChI=1S/C20H21N5O5/c1-11(26)18-15-6-13(14-8-21-12(2)22-9-14)7-16(25(28)29)19(15)24(23-18)10-17(27)30-20(3,4)5/h6-9H,10H2,1-5H3. The number of nitro groups is 1. The molecular formula is C20H21N5O5. The number of carbonyl (C=O) groups excluding carboxylic acids is 2. The summed E-state index contributed by atoms with van der Waals surface area (Å²) in [5.74, 6) is -0.439. The molecule has 3 aromatic rings. The highest BCUT2D eigenvalue weighted by atomic mass is 16.6. The summed E-state index contributed by atoms with van der Waals surface area (Å²) in [6, 6.07) is 2.97. The summed E-state index contributed by atoms with van der Waals surface area (Å²) in [6.07, 6.45) is 3.09. The molecule has 0 unspecified atom stereocenters. The molecule has 0 N–H and O–H groups in total. The highest BCUT2D eigenvalue weighted by molar-refractivity contribution is 6.08. The number of esters is 1. The minimum absolute atomic E-state index is 0.0338. The Bertz CT molecular complexity index is 1160. The molecule has 30 heavy (non-hydrogen) atoms. The van der Waals surface area contributed by atoms with Crippen molar-refractivity contribution < 1.29 is 19.2 Å². The molecule has 0 aliphatic heterocycles. The highest BCUT2D eigenvalue weighted by Gasteiger charge is 2.26. The molecular weight excluding hydrogens is 390 g/mol. The summed E-state index contributed by atoms with van der Waals surface area (Å²) < 4.78 is 6.44. The Morgan fingerprint density at radius 3 is 2.33 bits per heavy atom. The number of rotatable bonds is 5. The van der Waals surface area contributed by atoms with Gasteiger partial charge in [-0.05, 0) is 39.3 Å². The zero-order valence-electron chi connectivity index (χ0n) is 17.3. The normalized spacial score (nSPS) is 11.5. The van der Waals surface area contributed by atoms with Gasteiger partial charge in [0.2, 0.25) is 0 Å². The van der Waals surface area contributed by atoms with Crippen molar-refractivity contribution in [3.05, 3.63) is 46.2 Å². The third kappa shape index (κ3) is 4.32. The molecule has 0 fully saturated rings. The van der Waals surface area contributed by atoms with Crippen molar-refractivity contribution in [2.45, 2.75) is 46.8 Å². The van der Waals surface area contributed by atoms with Gasteiger partial charge in [0, 0.05) is 36.3 Å². The second-order valence-corrected chi connectivity index (χ2v) is 7.82. The first kappa shape index (κ1) is 21.0. The molecule has 1 aromatic carbocycles. The molecule has 2 aromatic heterocycles. The largest absolute Gasteiger partial charge is 0.459 e. The minimum Gasteiger partial charge on any atom is -0.459 e. The number of fused-ring (bicyclic) bond motifs is 1. The molecule has 10 nitrogen and oxygen atoms in total. The second-order valence-electron chi connectivity index (χ2n) is 7.82. The molecule has 0 radical (unpaired) electrons. The van der Waals surface area contributed by atoms with E-state index in [1.54, 1.807) is 46.2 Å². The van der Waals surface area contributed by atoms with Gasteiger partial charge in [-0.25, -0.2) is 14.6 Å². The van der Waals surface area contributed by atoms with Crippen LogP contribution in [0.4, 0.5) is 5.69 Å². The fourth-order valence-corrected chi connectivity index (χ4v) is 3.01. The maximum Gasteiger partial charge on any atom is 0.328 e. The Morgan fingerprint density at radius 2 is 1.80 bits per heavy atom. The van der Waals surface area contributed by atoms with E-state index in [9.17, 15) is 19.7 Å². The molecule has 156 valence electrons. The zero-order chi connectivity index (χ0) is 22.2. The van der Waals surface area contributed by atoms with E-state index >= 15 is 0 Å². The van der Waals surface area contributed by atoms with Gasteiger partial charge in [0.25, 0.3) is 5.69 Å². The fourth-order valence-electron chi connectivity index (χ4n) is 3.01. The Hall–Kier alpha value is -3.69. The number of aryl methyl sites for hydroxylation is 1. The van der Waals surface area contributed by atoms with Crippen molar-refractivity contribution in [2.75, 3.05) is 0 Å². The van der Waals surface area contributed by atoms with Gasteiger partial charge in [0.05, 0.1) is 4.92 Å². The quantitative estimate of drug-likeness (QED) is 0.271. The summed E-state index contributed by atoms with van der Waals surface area (Å²) in [4.78, 5) is 44.0. The molecule has 0 aliphatic carbocycles. The smallest absolute Gasteiger partial charge is 0.328 e. The van der Waals surface area contributed by atoms with Crippen LogP contribution >= 0.6 is 0 Å². The van der Waals surface area contributed by atoms with E-state index in [1.165, 1.54) is 13.0 Å². The lowest BCUT2D eigenvalue weighted by Crippen LogP contribution is -2.27. The van der Waals surface area contributed by atoms with Crippen LogP contribution in [-0.2, 0) is 16.1 Å². The molecule has 10 heteroatoms. The molecule has 0 amide bonds. The van der Waals surface area contributed by atoms with Crippen LogP contribution in [0.1, 0.15) is 44.0 Å². The Labute approximate surface area is 172 Å². The summed E-state index contributed by atoms with van der Waals surface area (Å²) in [5.41, 5.74) is 0.119. The van der Waals surface area contributed by atoms with Gasteiger partial charge in [-0.3, -0.25) is 19.7 Å². The number of Topliss-reactive ketones (excluding diaryl/α,β-unsaturated/α-hetero) is 1. The van der Waals surface area contributed by atoms with E-state index in [2.05, 4.69) is 15.1 Å². The molecule has 0 aliphatic rings. The number of benzene rings is 1. The number of non-ortho nitro benzene ring substituents is 1. The topological polar surface area (TPSA) is 130 Å². The lowest BCUT2D eigenvalue weighted by atomic mass is 10.0. The van der Waals surface area contributed by atoms with Crippen LogP contribution in [0, 0.1) is 17.0 Å². The van der Waals surface area contributed by atoms with Crippen molar-refractivity contribution in [1.29, 1.82) is 0 Å². The Kier molecular flexibility index (Phi) is 5.34. The van der Waals surface area contributed by atoms with Gasteiger partial charge >= 0.3 is 5.97 Å². The van der Waals surface area contributed by atoms with E-state index < -0.39 is 16.5 Å². The molecule has 0 spiro atoms. The summed E-state index contributed by atoms with van der Waals surface area (Å²) in [6.45, 7) is 7.81. The van der Waals surface area contributed by atoms with Crippen LogP contribution in [0.25, 0.3) is 22.0 Å². The number of nitro benzene ring substituents is 1. The molecule has 2 heterocycles. The lowest BCUT2D eigenvalue weighted by Gasteiger charge is -2.19. The Morgan fingerprint density at radius 1 is 1.17 bits per heavy atom. The van der Waals surface area contributed by atoms with Crippen molar-refractivity contribution in [2.24, 2.45) is 0 Å². The summed E-state index contributed by atoms with van der Waals surface area (Å²) >= 11 is 0. The van der Waals surface area contributed by atoms with E-state index in [4.69, 9.17) is 4.74 Å². The SMILES string of the molecule is CC(=O)c1nn(CC(=O)OC(C)(C)C)c2c([N+](=O)[O-])cc(-c3cnc(C)nc3)cc12. The van der Waals surface area contributed by atoms with Gasteiger partial charge in [-0.2, -0.15) is 5.10 Å². The maximum absolute atomic E-state index is 12.3. The third-order valence-corrected chi connectivity index (χ3v) is 4.17. The average Bonchev–Trinajstić information content (AvgIpc) is 2.98. The monoisotopic (exact) mass is 411 g/mol. The van der Waals surface area contributed by atoms with Crippen LogP contribution in [-0.4, -0.2) is 42.0 Å². The number of hydrogen-bond acceptors (Lipinski definition) is 8. The lowest BCUT2D eigenvalue weighted by molar-refractivity contribution is -0.383. The van der Waals surface area contributed by atoms with Crippen molar-refractivity contribution in [3.8, 4) is 11.1 Å². The van der Waals surface area contributed by atoms with Gasteiger partial charge in [-0.15, -0.1) is 0 Å². The van der Waals surface area contributed by atoms with Gasteiger partial charge < -0.3 is 4.74 Å². The predicted octanol–water partition coefficient (Wildman–Crippen LogP) is 3.25. The Balaban J connectivity index is 2.22. The number of hydrogen-bond donors (Lipinski definition) is 0. The fraction of sp³-hybridized carbons (Fsp3) is 0.350. The van der Waals surface area contributed by atoms with Gasteiger partial charge in [0.1, 0.15) is 29.2 Å². The summed E-state index contributed by atoms with van der Waals surface area (Å²) in [5, 5.41) is 16.3. The first-order valence-corrected chi connectivity index (χ1v) is 9.17. The van der Waals surface area contributed by atoms with Crippen molar-refractivity contribution in [1.82, 2.24) is 19.7 Å². The number of aromatic nitrogens is 4. The summed E-state index contributed by atoms with van der Waals surface area (Å²) in [7, 11) is 0. The predicted molar refractivity (Wildman–Crippen MR) is 108 cm³/mol. The van der Waals surface area contributed by atoms with Crippen LogP contribution in [0.2, 0.25) is 0 Å². The van der Waals surface area contributed by atoms with Crippen LogP contribution in [0.15, 0.2) is 24.5 Å². The van der Waals surface area contributed by atoms with E-state index in [-0.39, 0.29) is 34.6 Å². The maximum atomic E-state index is 12.3. The highest BCUT2D eigenvalue weighted by Crippen LogP contribution is 2.34. The molecule has 0 saturated carbocycles. The van der Waals surface area contributed by atoms with E-state index in [0.717, 1.165) is 4.68 Å². The van der Waals surface area contributed by atoms with Gasteiger partial charge in [-0.1, -0.05) is 0 Å². The van der Waals surface area contributed by atoms with E-state index in [0.29, 0.717) is 17.0 Å². The average molecular weight is 411 g/mol. The molecule has 3 rings (SSSR count). The minimum atomic E-state index is -0.728. The third-order valence-electron chi connectivity index (χ3n) is 4.17. The zero-order valence-corrected chi connectivity index (χ0v) is 17.3. The number of ketones is 1. The van der Waals surface area contributed by atoms with Crippen molar-refractivity contribution >= 4 is 28.3 Å². The van der Waals surface area contributed by atoms with Crippen molar-refractivity contribution in [3.63, 3.8) is 0 Å². The van der Waals surface area contributed by atoms with Crippen LogP contribution in [0.3, 0.4) is 0 Å². The first-order valence-electron chi connectivity index (χ1n) is 9.17. The second kappa shape index (κ2) is 7.62. The van der Waals surface area contributed by atoms with Gasteiger partial charge in [0.15, 0.2) is 5.78 Å².